The lowest BCUT2D eigenvalue weighted by molar-refractivity contribution is 0.0672. The van der Waals surface area contributed by atoms with Crippen LogP contribution >= 0.6 is 0 Å². The van der Waals surface area contributed by atoms with E-state index < -0.39 is 0 Å². The van der Waals surface area contributed by atoms with Gasteiger partial charge in [-0.1, -0.05) is 0 Å². The summed E-state index contributed by atoms with van der Waals surface area (Å²) in [6.45, 7) is 2.82. The maximum Gasteiger partial charge on any atom is 0.165 e. The molecule has 0 N–H and O–H groups in total. The third-order valence-corrected chi connectivity index (χ3v) is 2.61. The molecule has 1 atom stereocenters. The van der Waals surface area contributed by atoms with Gasteiger partial charge in [0.2, 0.25) is 0 Å². The molecule has 1 fully saturated rings. The SMILES string of the molecule is CC(=O)c1cnccc1OCC1CCCO1. The van der Waals surface area contributed by atoms with Crippen LogP contribution in [0.15, 0.2) is 18.5 Å². The molecule has 4 heteroatoms. The number of rotatable bonds is 4. The molecule has 2 rings (SSSR count). The zero-order valence-corrected chi connectivity index (χ0v) is 9.31. The van der Waals surface area contributed by atoms with Crippen molar-refractivity contribution in [1.82, 2.24) is 4.98 Å². The fraction of sp³-hybridized carbons (Fsp3) is 0.500. The fourth-order valence-corrected chi connectivity index (χ4v) is 1.73. The topological polar surface area (TPSA) is 48.4 Å². The molecule has 1 unspecified atom stereocenters. The van der Waals surface area contributed by atoms with E-state index >= 15 is 0 Å². The van der Waals surface area contributed by atoms with Gasteiger partial charge >= 0.3 is 0 Å². The van der Waals surface area contributed by atoms with Gasteiger partial charge in [0.25, 0.3) is 0 Å². The highest BCUT2D eigenvalue weighted by atomic mass is 16.5. The predicted octanol–water partition coefficient (Wildman–Crippen LogP) is 1.84. The number of ether oxygens (including phenoxy) is 2. The van der Waals surface area contributed by atoms with E-state index in [0.29, 0.717) is 17.9 Å². The summed E-state index contributed by atoms with van der Waals surface area (Å²) in [5, 5.41) is 0. The van der Waals surface area contributed by atoms with Crippen LogP contribution in [0.2, 0.25) is 0 Å². The normalized spacial score (nSPS) is 19.7. The molecular weight excluding hydrogens is 206 g/mol. The van der Waals surface area contributed by atoms with Gasteiger partial charge in [-0.3, -0.25) is 9.78 Å². The van der Waals surface area contributed by atoms with Crippen molar-refractivity contribution in [2.75, 3.05) is 13.2 Å². The third kappa shape index (κ3) is 2.58. The largest absolute Gasteiger partial charge is 0.490 e. The maximum absolute atomic E-state index is 11.3. The Kier molecular flexibility index (Phi) is 3.51. The second kappa shape index (κ2) is 5.07. The number of carbonyl (C=O) groups is 1. The molecule has 1 aliphatic rings. The molecule has 0 radical (unpaired) electrons. The Morgan fingerprint density at radius 2 is 2.56 bits per heavy atom. The Bertz CT molecular complexity index is 372. The van der Waals surface area contributed by atoms with Gasteiger partial charge < -0.3 is 9.47 Å². The van der Waals surface area contributed by atoms with Crippen molar-refractivity contribution in [3.63, 3.8) is 0 Å². The van der Waals surface area contributed by atoms with Crippen LogP contribution in [0.1, 0.15) is 30.1 Å². The van der Waals surface area contributed by atoms with Crippen LogP contribution in [0.5, 0.6) is 5.75 Å². The molecule has 1 aromatic heterocycles. The smallest absolute Gasteiger partial charge is 0.165 e. The van der Waals surface area contributed by atoms with Gasteiger partial charge in [-0.05, 0) is 25.8 Å². The van der Waals surface area contributed by atoms with E-state index in [9.17, 15) is 4.79 Å². The summed E-state index contributed by atoms with van der Waals surface area (Å²) in [5.74, 6) is 0.563. The van der Waals surface area contributed by atoms with Crippen LogP contribution in [0.4, 0.5) is 0 Å². The lowest BCUT2D eigenvalue weighted by atomic mass is 10.2. The number of ketones is 1. The minimum Gasteiger partial charge on any atom is -0.490 e. The van der Waals surface area contributed by atoms with Gasteiger partial charge in [0.15, 0.2) is 5.78 Å². The second-order valence-corrected chi connectivity index (χ2v) is 3.87. The molecule has 2 heterocycles. The fourth-order valence-electron chi connectivity index (χ4n) is 1.73. The summed E-state index contributed by atoms with van der Waals surface area (Å²) in [5.41, 5.74) is 0.528. The molecule has 0 bridgehead atoms. The molecule has 4 nitrogen and oxygen atoms in total. The number of pyridine rings is 1. The number of hydrogen-bond donors (Lipinski definition) is 0. The van der Waals surface area contributed by atoms with E-state index in [4.69, 9.17) is 9.47 Å². The Morgan fingerprint density at radius 1 is 1.69 bits per heavy atom. The maximum atomic E-state index is 11.3. The summed E-state index contributed by atoms with van der Waals surface area (Å²) >= 11 is 0. The first-order valence-electron chi connectivity index (χ1n) is 5.46. The molecule has 0 aliphatic carbocycles. The molecule has 1 aliphatic heterocycles. The van der Waals surface area contributed by atoms with E-state index in [1.54, 1.807) is 12.3 Å². The molecule has 1 saturated heterocycles. The Hall–Kier alpha value is -1.42. The number of hydrogen-bond acceptors (Lipinski definition) is 4. The van der Waals surface area contributed by atoms with E-state index in [1.165, 1.54) is 13.1 Å². The van der Waals surface area contributed by atoms with Gasteiger partial charge in [0.1, 0.15) is 12.4 Å². The van der Waals surface area contributed by atoms with Crippen molar-refractivity contribution >= 4 is 5.78 Å². The Balaban J connectivity index is 2.00. The summed E-state index contributed by atoms with van der Waals surface area (Å²) in [7, 11) is 0. The average Bonchev–Trinajstić information content (AvgIpc) is 2.79. The Morgan fingerprint density at radius 3 is 3.25 bits per heavy atom. The number of carbonyl (C=O) groups excluding carboxylic acids is 1. The highest BCUT2D eigenvalue weighted by Gasteiger charge is 2.17. The highest BCUT2D eigenvalue weighted by molar-refractivity contribution is 5.96. The molecule has 0 aromatic carbocycles. The first-order valence-corrected chi connectivity index (χ1v) is 5.46. The second-order valence-electron chi connectivity index (χ2n) is 3.87. The van der Waals surface area contributed by atoms with E-state index in [0.717, 1.165) is 19.4 Å². The van der Waals surface area contributed by atoms with Gasteiger partial charge in [0, 0.05) is 19.0 Å². The van der Waals surface area contributed by atoms with Crippen LogP contribution in [0.25, 0.3) is 0 Å². The minimum atomic E-state index is -0.0320. The molecule has 16 heavy (non-hydrogen) atoms. The minimum absolute atomic E-state index is 0.0320. The number of Topliss-reactive ketones (excluding diaryl/α,β-unsaturated/α-hetero) is 1. The van der Waals surface area contributed by atoms with Gasteiger partial charge in [-0.2, -0.15) is 0 Å². The molecule has 1 aromatic rings. The predicted molar refractivity (Wildman–Crippen MR) is 58.7 cm³/mol. The number of aromatic nitrogens is 1. The lowest BCUT2D eigenvalue weighted by Gasteiger charge is -2.12. The van der Waals surface area contributed by atoms with E-state index in [1.807, 2.05) is 0 Å². The van der Waals surface area contributed by atoms with Crippen molar-refractivity contribution in [3.8, 4) is 5.75 Å². The zero-order valence-electron chi connectivity index (χ0n) is 9.31. The van der Waals surface area contributed by atoms with Gasteiger partial charge in [-0.15, -0.1) is 0 Å². The molecule has 86 valence electrons. The average molecular weight is 221 g/mol. The van der Waals surface area contributed by atoms with Crippen LogP contribution < -0.4 is 4.74 Å². The Labute approximate surface area is 94.6 Å². The summed E-state index contributed by atoms with van der Waals surface area (Å²) in [6, 6.07) is 1.71. The van der Waals surface area contributed by atoms with E-state index in [-0.39, 0.29) is 11.9 Å². The van der Waals surface area contributed by atoms with Crippen molar-refractivity contribution in [2.45, 2.75) is 25.9 Å². The van der Waals surface area contributed by atoms with E-state index in [2.05, 4.69) is 4.98 Å². The van der Waals surface area contributed by atoms with Crippen molar-refractivity contribution < 1.29 is 14.3 Å². The van der Waals surface area contributed by atoms with Crippen molar-refractivity contribution in [1.29, 1.82) is 0 Å². The summed E-state index contributed by atoms with van der Waals surface area (Å²) in [4.78, 5) is 15.2. The first kappa shape index (κ1) is 11.1. The lowest BCUT2D eigenvalue weighted by Crippen LogP contribution is -2.17. The monoisotopic (exact) mass is 221 g/mol. The quantitative estimate of drug-likeness (QED) is 0.728. The molecular formula is C12H15NO3. The summed E-state index contributed by atoms with van der Waals surface area (Å²) in [6.07, 6.45) is 5.43. The zero-order chi connectivity index (χ0) is 11.4. The number of nitrogens with zero attached hydrogens (tertiary/aromatic N) is 1. The van der Waals surface area contributed by atoms with Crippen molar-refractivity contribution in [2.24, 2.45) is 0 Å². The summed E-state index contributed by atoms with van der Waals surface area (Å²) < 4.78 is 11.0. The standard InChI is InChI=1S/C12H15NO3/c1-9(14)11-7-13-5-4-12(11)16-8-10-3-2-6-15-10/h4-5,7,10H,2-3,6,8H2,1H3. The molecule has 0 amide bonds. The third-order valence-electron chi connectivity index (χ3n) is 2.61. The van der Waals surface area contributed by atoms with Gasteiger partial charge in [-0.25, -0.2) is 0 Å². The molecule has 0 saturated carbocycles. The van der Waals surface area contributed by atoms with Crippen molar-refractivity contribution in [3.05, 3.63) is 24.0 Å². The van der Waals surface area contributed by atoms with Crippen LogP contribution in [-0.4, -0.2) is 30.1 Å². The first-order chi connectivity index (χ1) is 7.77. The van der Waals surface area contributed by atoms with Gasteiger partial charge in [0.05, 0.1) is 11.7 Å². The van der Waals surface area contributed by atoms with Crippen LogP contribution in [-0.2, 0) is 4.74 Å². The van der Waals surface area contributed by atoms with Crippen LogP contribution in [0, 0.1) is 0 Å². The van der Waals surface area contributed by atoms with Crippen LogP contribution in [0.3, 0.4) is 0 Å². The highest BCUT2D eigenvalue weighted by Crippen LogP contribution is 2.19. The molecule has 0 spiro atoms.